The molecule has 0 heterocycles. The number of rotatable bonds is 11. The van der Waals surface area contributed by atoms with Crippen LogP contribution in [0.4, 0.5) is 11.4 Å². The molecule has 0 bridgehead atoms. The zero-order valence-corrected chi connectivity index (χ0v) is 20.4. The summed E-state index contributed by atoms with van der Waals surface area (Å²) in [5.74, 6) is 0.0331. The second kappa shape index (κ2) is 12.3. The average molecular weight is 498 g/mol. The number of ether oxygens (including phenoxy) is 4. The first-order valence-corrected chi connectivity index (χ1v) is 10.7. The minimum Gasteiger partial charge on any atom is -0.493 e. The monoisotopic (exact) mass is 497 g/mol. The van der Waals surface area contributed by atoms with Gasteiger partial charge in [-0.05, 0) is 45.0 Å². The van der Waals surface area contributed by atoms with E-state index in [1.165, 1.54) is 27.2 Å². The van der Waals surface area contributed by atoms with Crippen LogP contribution in [0.3, 0.4) is 0 Å². The van der Waals surface area contributed by atoms with E-state index in [9.17, 15) is 9.59 Å². The van der Waals surface area contributed by atoms with Gasteiger partial charge in [-0.2, -0.15) is 10.2 Å². The topological polar surface area (TPSA) is 108 Å². The molecule has 178 valence electrons. The van der Waals surface area contributed by atoms with Gasteiger partial charge >= 0.3 is 0 Å². The Morgan fingerprint density at radius 2 is 1.61 bits per heavy atom. The number of nitrogens with zero attached hydrogens (tertiary/aromatic N) is 2. The van der Waals surface area contributed by atoms with Crippen molar-refractivity contribution < 1.29 is 28.5 Å². The van der Waals surface area contributed by atoms with Crippen molar-refractivity contribution in [1.29, 1.82) is 0 Å². The van der Waals surface area contributed by atoms with Gasteiger partial charge in [0.05, 0.1) is 33.1 Å². The molecule has 1 unspecified atom stereocenters. The van der Waals surface area contributed by atoms with Crippen molar-refractivity contribution >= 4 is 46.3 Å². The molecule has 0 spiro atoms. The first-order valence-electron chi connectivity index (χ1n) is 9.99. The van der Waals surface area contributed by atoms with Gasteiger partial charge in [0.1, 0.15) is 21.5 Å². The van der Waals surface area contributed by atoms with E-state index in [1.54, 1.807) is 25.1 Å². The van der Waals surface area contributed by atoms with Crippen LogP contribution < -0.4 is 24.3 Å². The lowest BCUT2D eigenvalue weighted by atomic mass is 10.2. The van der Waals surface area contributed by atoms with Crippen molar-refractivity contribution in [1.82, 2.24) is 0 Å². The fourth-order valence-corrected chi connectivity index (χ4v) is 3.33. The van der Waals surface area contributed by atoms with E-state index in [2.05, 4.69) is 15.5 Å². The van der Waals surface area contributed by atoms with Crippen LogP contribution in [0.2, 0.25) is 10.0 Å². The Bertz CT molecular complexity index is 1050. The molecule has 0 aliphatic carbocycles. The van der Waals surface area contributed by atoms with E-state index in [-0.39, 0.29) is 32.9 Å². The molecule has 2 rings (SSSR count). The van der Waals surface area contributed by atoms with Gasteiger partial charge in [0.15, 0.2) is 23.0 Å². The lowest BCUT2D eigenvalue weighted by Gasteiger charge is -2.15. The van der Waals surface area contributed by atoms with Crippen LogP contribution in [0.1, 0.15) is 20.8 Å². The Morgan fingerprint density at radius 3 is 2.18 bits per heavy atom. The van der Waals surface area contributed by atoms with Gasteiger partial charge in [0, 0.05) is 0 Å². The fraction of sp³-hybridized carbons (Fsp3) is 0.364. The lowest BCUT2D eigenvalue weighted by molar-refractivity contribution is -0.126. The number of carbonyl (C=O) groups excluding carboxylic acids is 2. The molecule has 0 saturated carbocycles. The van der Waals surface area contributed by atoms with E-state index >= 15 is 0 Å². The number of azo groups is 1. The highest BCUT2D eigenvalue weighted by Gasteiger charge is 2.25. The molecular formula is C22H25Cl2N3O6. The predicted octanol–water partition coefficient (Wildman–Crippen LogP) is 5.49. The molecule has 0 saturated heterocycles. The molecule has 9 nitrogen and oxygen atoms in total. The number of nitrogens with one attached hydrogen (secondary N) is 1. The Hall–Kier alpha value is -3.04. The van der Waals surface area contributed by atoms with Gasteiger partial charge in [-0.15, -0.1) is 0 Å². The summed E-state index contributed by atoms with van der Waals surface area (Å²) in [6, 6.07) is 4.84. The summed E-state index contributed by atoms with van der Waals surface area (Å²) in [6.07, 6.45) is 0. The lowest BCUT2D eigenvalue weighted by Crippen LogP contribution is -2.32. The van der Waals surface area contributed by atoms with E-state index in [0.717, 1.165) is 0 Å². The third-order valence-corrected chi connectivity index (χ3v) is 5.02. The van der Waals surface area contributed by atoms with Crippen molar-refractivity contribution in [3.63, 3.8) is 0 Å². The largest absolute Gasteiger partial charge is 0.493 e. The normalized spacial score (nSPS) is 11.7. The molecular weight excluding hydrogens is 473 g/mol. The van der Waals surface area contributed by atoms with Crippen molar-refractivity contribution in [2.24, 2.45) is 10.2 Å². The minimum absolute atomic E-state index is 0.112. The van der Waals surface area contributed by atoms with Crippen LogP contribution in [0.15, 0.2) is 34.5 Å². The molecule has 1 atom stereocenters. The zero-order chi connectivity index (χ0) is 24.5. The van der Waals surface area contributed by atoms with Gasteiger partial charge < -0.3 is 24.3 Å². The summed E-state index contributed by atoms with van der Waals surface area (Å²) >= 11 is 12.7. The van der Waals surface area contributed by atoms with Gasteiger partial charge in [-0.3, -0.25) is 9.59 Å². The van der Waals surface area contributed by atoms with Crippen molar-refractivity contribution in [3.05, 3.63) is 34.3 Å². The summed E-state index contributed by atoms with van der Waals surface area (Å²) < 4.78 is 21.4. The van der Waals surface area contributed by atoms with Crippen LogP contribution in [0.25, 0.3) is 0 Å². The number of amides is 1. The number of hydrogen-bond donors (Lipinski definition) is 1. The molecule has 33 heavy (non-hydrogen) atoms. The van der Waals surface area contributed by atoms with Crippen LogP contribution in [-0.2, 0) is 9.59 Å². The quantitative estimate of drug-likeness (QED) is 0.324. The van der Waals surface area contributed by atoms with Gasteiger partial charge in [0.2, 0.25) is 6.04 Å². The molecule has 1 amide bonds. The van der Waals surface area contributed by atoms with Gasteiger partial charge in [-0.1, -0.05) is 23.2 Å². The Balaban J connectivity index is 2.34. The molecule has 0 aliphatic heterocycles. The second-order valence-electron chi connectivity index (χ2n) is 6.47. The van der Waals surface area contributed by atoms with Crippen LogP contribution in [0.5, 0.6) is 23.0 Å². The highest BCUT2D eigenvalue weighted by molar-refractivity contribution is 6.35. The van der Waals surface area contributed by atoms with E-state index in [0.29, 0.717) is 24.7 Å². The molecule has 0 aliphatic rings. The number of carbonyl (C=O) groups is 2. The van der Waals surface area contributed by atoms with Crippen molar-refractivity contribution in [3.8, 4) is 23.0 Å². The number of ketones is 1. The van der Waals surface area contributed by atoms with Gasteiger partial charge in [0.25, 0.3) is 5.91 Å². The maximum absolute atomic E-state index is 12.8. The van der Waals surface area contributed by atoms with E-state index in [4.69, 9.17) is 42.1 Å². The average Bonchev–Trinajstić information content (AvgIpc) is 2.78. The number of halogens is 2. The SMILES string of the molecule is CCOc1ccc(N=NC(C(C)=O)C(=O)Nc2ccc(OC)c(OC)c2Cl)c(OCC)c1Cl. The molecule has 0 aromatic heterocycles. The summed E-state index contributed by atoms with van der Waals surface area (Å²) in [5, 5.41) is 10.9. The Morgan fingerprint density at radius 1 is 0.939 bits per heavy atom. The standard InChI is InChI=1S/C22H25Cl2N3O6/c1-6-32-15-10-9-14(20(18(15)24)33-7-2)26-27-19(12(3)28)22(29)25-13-8-11-16(30-4)21(31-5)17(13)23/h8-11,19H,6-7H2,1-5H3,(H,25,29). The molecule has 2 aromatic carbocycles. The number of anilines is 1. The number of Topliss-reactive ketones (excluding diaryl/α,β-unsaturated/α-hetero) is 1. The molecule has 11 heteroatoms. The number of methoxy groups -OCH3 is 2. The third kappa shape index (κ3) is 6.27. The molecule has 2 aromatic rings. The fourth-order valence-electron chi connectivity index (χ4n) is 2.78. The van der Waals surface area contributed by atoms with E-state index < -0.39 is 17.7 Å². The Kier molecular flexibility index (Phi) is 9.74. The summed E-state index contributed by atoms with van der Waals surface area (Å²) in [4.78, 5) is 25.0. The number of benzene rings is 2. The molecule has 0 fully saturated rings. The van der Waals surface area contributed by atoms with Crippen LogP contribution >= 0.6 is 23.2 Å². The maximum Gasteiger partial charge on any atom is 0.258 e. The summed E-state index contributed by atoms with van der Waals surface area (Å²) in [7, 11) is 2.88. The summed E-state index contributed by atoms with van der Waals surface area (Å²) in [5.41, 5.74) is 0.466. The number of hydrogen-bond acceptors (Lipinski definition) is 8. The highest BCUT2D eigenvalue weighted by Crippen LogP contribution is 2.42. The van der Waals surface area contributed by atoms with Crippen molar-refractivity contribution in [2.75, 3.05) is 32.8 Å². The molecule has 1 N–H and O–H groups in total. The second-order valence-corrected chi connectivity index (χ2v) is 7.23. The maximum atomic E-state index is 12.8. The third-order valence-electron chi connectivity index (χ3n) is 4.29. The zero-order valence-electron chi connectivity index (χ0n) is 18.9. The predicted molar refractivity (Wildman–Crippen MR) is 126 cm³/mol. The van der Waals surface area contributed by atoms with E-state index in [1.807, 2.05) is 6.92 Å². The first kappa shape index (κ1) is 26.2. The Labute approximate surface area is 202 Å². The van der Waals surface area contributed by atoms with Gasteiger partial charge in [-0.25, -0.2) is 0 Å². The highest BCUT2D eigenvalue weighted by atomic mass is 35.5. The minimum atomic E-state index is -1.44. The van der Waals surface area contributed by atoms with Crippen LogP contribution in [0, 0.1) is 0 Å². The first-order chi connectivity index (χ1) is 15.8. The smallest absolute Gasteiger partial charge is 0.258 e. The molecule has 0 radical (unpaired) electrons. The van der Waals surface area contributed by atoms with Crippen LogP contribution in [-0.4, -0.2) is 45.2 Å². The van der Waals surface area contributed by atoms with Crippen molar-refractivity contribution in [2.45, 2.75) is 26.8 Å². The summed E-state index contributed by atoms with van der Waals surface area (Å²) in [6.45, 7) is 5.56.